The van der Waals surface area contributed by atoms with Gasteiger partial charge in [0.05, 0.1) is 12.1 Å². The molecule has 1 aromatic carbocycles. The minimum atomic E-state index is -0.461. The molecule has 6 rings (SSSR count). The van der Waals surface area contributed by atoms with Crippen LogP contribution in [0.4, 0.5) is 5.95 Å². The van der Waals surface area contributed by atoms with Gasteiger partial charge in [-0.25, -0.2) is 9.97 Å². The summed E-state index contributed by atoms with van der Waals surface area (Å²) in [5, 5.41) is 1.04. The Morgan fingerprint density at radius 1 is 1.17 bits per heavy atom. The number of hydrogen-bond acceptors (Lipinski definition) is 6. The third kappa shape index (κ3) is 2.06. The number of fused-ring (bicyclic) bond motifs is 3. The van der Waals surface area contributed by atoms with Crippen LogP contribution in [0.25, 0.3) is 10.9 Å². The van der Waals surface area contributed by atoms with Crippen molar-refractivity contribution in [1.82, 2.24) is 14.9 Å². The zero-order chi connectivity index (χ0) is 15.4. The average molecular weight is 311 g/mol. The lowest BCUT2D eigenvalue weighted by Crippen LogP contribution is -2.61. The van der Waals surface area contributed by atoms with Gasteiger partial charge in [0.25, 0.3) is 0 Å². The number of nitrogens with two attached hydrogens (primary N) is 1. The fourth-order valence-corrected chi connectivity index (χ4v) is 4.44. The van der Waals surface area contributed by atoms with Gasteiger partial charge < -0.3 is 9.64 Å². The first-order valence-electron chi connectivity index (χ1n) is 8.38. The lowest BCUT2D eigenvalue weighted by Gasteiger charge is -2.50. The molecule has 4 aliphatic rings. The monoisotopic (exact) mass is 311 g/mol. The van der Waals surface area contributed by atoms with Gasteiger partial charge >= 0.3 is 0 Å². The van der Waals surface area contributed by atoms with Gasteiger partial charge in [-0.1, -0.05) is 18.2 Å². The minimum Gasteiger partial charge on any atom is -0.335 e. The number of para-hydroxylation sites is 1. The average Bonchev–Trinajstić information content (AvgIpc) is 2.91. The SMILES string of the molecule is NC1OC2(CN3CCC2CC3)CN1c1ncc2ccccc2n1. The number of benzene rings is 1. The predicted octanol–water partition coefficient (Wildman–Crippen LogP) is 1.17. The van der Waals surface area contributed by atoms with Crippen LogP contribution < -0.4 is 10.6 Å². The van der Waals surface area contributed by atoms with E-state index in [0.29, 0.717) is 11.9 Å². The van der Waals surface area contributed by atoms with Gasteiger partial charge in [0.1, 0.15) is 5.60 Å². The van der Waals surface area contributed by atoms with E-state index >= 15 is 0 Å². The maximum Gasteiger partial charge on any atom is 0.229 e. The summed E-state index contributed by atoms with van der Waals surface area (Å²) in [6, 6.07) is 8.02. The Hall–Kier alpha value is -1.76. The van der Waals surface area contributed by atoms with E-state index in [-0.39, 0.29) is 5.60 Å². The highest BCUT2D eigenvalue weighted by atomic mass is 16.6. The van der Waals surface area contributed by atoms with Crippen LogP contribution in [-0.4, -0.2) is 53.0 Å². The number of piperidine rings is 3. The highest BCUT2D eigenvalue weighted by Gasteiger charge is 2.54. The van der Waals surface area contributed by atoms with Crippen molar-refractivity contribution in [3.05, 3.63) is 30.5 Å². The quantitative estimate of drug-likeness (QED) is 0.853. The Labute approximate surface area is 135 Å². The van der Waals surface area contributed by atoms with Crippen LogP contribution in [0.5, 0.6) is 0 Å². The first-order valence-corrected chi connectivity index (χ1v) is 8.38. The second kappa shape index (κ2) is 4.87. The number of anilines is 1. The molecule has 0 aliphatic carbocycles. The Morgan fingerprint density at radius 2 is 2.00 bits per heavy atom. The van der Waals surface area contributed by atoms with Gasteiger partial charge in [-0.05, 0) is 37.9 Å². The van der Waals surface area contributed by atoms with Crippen LogP contribution in [0.3, 0.4) is 0 Å². The van der Waals surface area contributed by atoms with Crippen molar-refractivity contribution in [2.75, 3.05) is 31.1 Å². The maximum atomic E-state index is 6.30. The maximum absolute atomic E-state index is 6.30. The van der Waals surface area contributed by atoms with Crippen molar-refractivity contribution in [2.24, 2.45) is 11.7 Å². The third-order valence-corrected chi connectivity index (χ3v) is 5.66. The van der Waals surface area contributed by atoms with Crippen molar-refractivity contribution in [1.29, 1.82) is 0 Å². The molecule has 5 heterocycles. The molecule has 2 aromatic rings. The number of aromatic nitrogens is 2. The Bertz CT molecular complexity index is 745. The first-order chi connectivity index (χ1) is 11.2. The third-order valence-electron chi connectivity index (χ3n) is 5.66. The molecule has 2 bridgehead atoms. The fraction of sp³-hybridized carbons (Fsp3) is 0.529. The summed E-state index contributed by atoms with van der Waals surface area (Å²) in [7, 11) is 0. The Balaban J connectivity index is 1.48. The molecule has 4 saturated heterocycles. The molecule has 4 aliphatic heterocycles. The lowest BCUT2D eigenvalue weighted by atomic mass is 9.75. The van der Waals surface area contributed by atoms with Gasteiger partial charge in [0.15, 0.2) is 6.35 Å². The van der Waals surface area contributed by atoms with Crippen LogP contribution in [0.1, 0.15) is 12.8 Å². The predicted molar refractivity (Wildman–Crippen MR) is 87.8 cm³/mol. The molecule has 1 spiro atoms. The summed E-state index contributed by atoms with van der Waals surface area (Å²) in [6.45, 7) is 4.15. The number of hydrogen-bond donors (Lipinski definition) is 1. The summed E-state index contributed by atoms with van der Waals surface area (Å²) >= 11 is 0. The molecule has 0 amide bonds. The molecule has 6 heteroatoms. The highest BCUT2D eigenvalue weighted by molar-refractivity contribution is 5.78. The van der Waals surface area contributed by atoms with Crippen LogP contribution in [-0.2, 0) is 4.74 Å². The topological polar surface area (TPSA) is 67.5 Å². The van der Waals surface area contributed by atoms with E-state index in [1.54, 1.807) is 0 Å². The van der Waals surface area contributed by atoms with E-state index in [2.05, 4.69) is 14.9 Å². The molecular formula is C17H21N5O. The van der Waals surface area contributed by atoms with E-state index < -0.39 is 6.35 Å². The van der Waals surface area contributed by atoms with Crippen molar-refractivity contribution >= 4 is 16.9 Å². The summed E-state index contributed by atoms with van der Waals surface area (Å²) in [5.41, 5.74) is 7.09. The van der Waals surface area contributed by atoms with Crippen molar-refractivity contribution in [3.63, 3.8) is 0 Å². The van der Waals surface area contributed by atoms with Crippen LogP contribution in [0.15, 0.2) is 30.5 Å². The molecule has 0 saturated carbocycles. The second-order valence-corrected chi connectivity index (χ2v) is 6.98. The van der Waals surface area contributed by atoms with Gasteiger partial charge in [-0.15, -0.1) is 0 Å². The molecule has 23 heavy (non-hydrogen) atoms. The van der Waals surface area contributed by atoms with Crippen LogP contribution in [0, 0.1) is 5.92 Å². The lowest BCUT2D eigenvalue weighted by molar-refractivity contribution is -0.137. The van der Waals surface area contributed by atoms with Gasteiger partial charge in [0.2, 0.25) is 5.95 Å². The molecule has 4 fully saturated rings. The summed E-state index contributed by atoms with van der Waals surface area (Å²) in [6.07, 6.45) is 3.82. The van der Waals surface area contributed by atoms with E-state index in [9.17, 15) is 0 Å². The number of nitrogens with zero attached hydrogens (tertiary/aromatic N) is 4. The van der Waals surface area contributed by atoms with Gasteiger partial charge in [-0.2, -0.15) is 0 Å². The Kier molecular flexibility index (Phi) is 2.89. The minimum absolute atomic E-state index is 0.148. The first kappa shape index (κ1) is 13.7. The van der Waals surface area contributed by atoms with E-state index in [1.165, 1.54) is 25.9 Å². The summed E-state index contributed by atoms with van der Waals surface area (Å²) < 4.78 is 6.28. The smallest absolute Gasteiger partial charge is 0.229 e. The summed E-state index contributed by atoms with van der Waals surface area (Å²) in [4.78, 5) is 13.7. The van der Waals surface area contributed by atoms with Crippen molar-refractivity contribution in [3.8, 4) is 0 Å². The van der Waals surface area contributed by atoms with Crippen LogP contribution in [0.2, 0.25) is 0 Å². The number of ether oxygens (including phenoxy) is 1. The molecule has 2 atom stereocenters. The summed E-state index contributed by atoms with van der Waals surface area (Å²) in [5.74, 6) is 1.27. The molecule has 2 unspecified atom stereocenters. The Morgan fingerprint density at radius 3 is 2.78 bits per heavy atom. The zero-order valence-electron chi connectivity index (χ0n) is 13.1. The highest BCUT2D eigenvalue weighted by Crippen LogP contribution is 2.43. The molecule has 1 aromatic heterocycles. The fourth-order valence-electron chi connectivity index (χ4n) is 4.44. The van der Waals surface area contributed by atoms with E-state index in [1.807, 2.05) is 35.4 Å². The van der Waals surface area contributed by atoms with E-state index in [4.69, 9.17) is 10.5 Å². The van der Waals surface area contributed by atoms with Gasteiger partial charge in [0, 0.05) is 18.1 Å². The van der Waals surface area contributed by atoms with Crippen molar-refractivity contribution in [2.45, 2.75) is 24.8 Å². The van der Waals surface area contributed by atoms with Gasteiger partial charge in [-0.3, -0.25) is 10.6 Å². The molecular weight excluding hydrogens is 290 g/mol. The van der Waals surface area contributed by atoms with Crippen molar-refractivity contribution < 1.29 is 4.74 Å². The largest absolute Gasteiger partial charge is 0.335 e. The molecule has 6 nitrogen and oxygen atoms in total. The molecule has 120 valence electrons. The molecule has 2 N–H and O–H groups in total. The molecule has 0 radical (unpaired) electrons. The zero-order valence-corrected chi connectivity index (χ0v) is 13.1. The second-order valence-electron chi connectivity index (χ2n) is 6.98. The normalized spacial score (nSPS) is 36.2. The number of rotatable bonds is 1. The standard InChI is InChI=1S/C17H21N5O/c18-15-22(16-19-9-12-3-1-2-4-14(12)20-16)11-17(23-15)10-21-7-5-13(17)6-8-21/h1-4,9,13,15H,5-8,10-11,18H2. The van der Waals surface area contributed by atoms with E-state index in [0.717, 1.165) is 24.0 Å². The van der Waals surface area contributed by atoms with Crippen LogP contribution >= 0.6 is 0 Å².